The monoisotopic (exact) mass is 339 g/mol. The number of aliphatic hydroxyl groups excluding tert-OH is 1. The van der Waals surface area contributed by atoms with Crippen LogP contribution >= 0.6 is 0 Å². The molecule has 2 aromatic carbocycles. The molecule has 25 heavy (non-hydrogen) atoms. The SMILES string of the molecule is Cc1cc(C)n(-c2ccc(F)cc2CNCc2cccc(CO)c2)n1. The minimum atomic E-state index is -0.260. The topological polar surface area (TPSA) is 50.1 Å². The predicted molar refractivity (Wildman–Crippen MR) is 95.9 cm³/mol. The molecule has 2 N–H and O–H groups in total. The van der Waals surface area contributed by atoms with Gasteiger partial charge >= 0.3 is 0 Å². The Hall–Kier alpha value is -2.50. The third-order valence-electron chi connectivity index (χ3n) is 4.10. The van der Waals surface area contributed by atoms with Crippen molar-refractivity contribution in [1.29, 1.82) is 0 Å². The van der Waals surface area contributed by atoms with Crippen LogP contribution in [0.4, 0.5) is 4.39 Å². The molecule has 0 spiro atoms. The molecule has 0 unspecified atom stereocenters. The van der Waals surface area contributed by atoms with E-state index in [2.05, 4.69) is 10.4 Å². The highest BCUT2D eigenvalue weighted by atomic mass is 19.1. The van der Waals surface area contributed by atoms with Crippen molar-refractivity contribution in [1.82, 2.24) is 15.1 Å². The first-order valence-electron chi connectivity index (χ1n) is 8.28. The highest BCUT2D eigenvalue weighted by Crippen LogP contribution is 2.18. The van der Waals surface area contributed by atoms with Crippen LogP contribution < -0.4 is 5.32 Å². The zero-order chi connectivity index (χ0) is 17.8. The summed E-state index contributed by atoms with van der Waals surface area (Å²) in [5.41, 5.74) is 5.64. The number of aryl methyl sites for hydroxylation is 2. The fourth-order valence-corrected chi connectivity index (χ4v) is 2.95. The minimum absolute atomic E-state index is 0.0276. The third kappa shape index (κ3) is 4.13. The number of halogens is 1. The molecular formula is C20H22FN3O. The molecule has 0 aliphatic carbocycles. The van der Waals surface area contributed by atoms with Crippen molar-refractivity contribution in [2.24, 2.45) is 0 Å². The molecule has 3 rings (SSSR count). The maximum absolute atomic E-state index is 13.7. The normalized spacial score (nSPS) is 11.0. The highest BCUT2D eigenvalue weighted by molar-refractivity contribution is 5.42. The third-order valence-corrected chi connectivity index (χ3v) is 4.10. The van der Waals surface area contributed by atoms with Crippen molar-refractivity contribution in [3.05, 3.63) is 82.4 Å². The van der Waals surface area contributed by atoms with Crippen LogP contribution in [0, 0.1) is 19.7 Å². The quantitative estimate of drug-likeness (QED) is 0.724. The van der Waals surface area contributed by atoms with E-state index >= 15 is 0 Å². The van der Waals surface area contributed by atoms with Gasteiger partial charge in [-0.2, -0.15) is 5.10 Å². The summed E-state index contributed by atoms with van der Waals surface area (Å²) in [5.74, 6) is -0.260. The highest BCUT2D eigenvalue weighted by Gasteiger charge is 2.10. The second-order valence-electron chi connectivity index (χ2n) is 6.19. The summed E-state index contributed by atoms with van der Waals surface area (Å²) in [6.07, 6.45) is 0. The van der Waals surface area contributed by atoms with Gasteiger partial charge in [0.15, 0.2) is 0 Å². The van der Waals surface area contributed by atoms with Gasteiger partial charge < -0.3 is 10.4 Å². The molecule has 0 saturated heterocycles. The van der Waals surface area contributed by atoms with Gasteiger partial charge in [0.2, 0.25) is 0 Å². The lowest BCUT2D eigenvalue weighted by molar-refractivity contribution is 0.281. The Morgan fingerprint density at radius 3 is 2.56 bits per heavy atom. The average Bonchev–Trinajstić information content (AvgIpc) is 2.93. The Kier molecular flexibility index (Phi) is 5.26. The Bertz CT molecular complexity index is 873. The van der Waals surface area contributed by atoms with Crippen molar-refractivity contribution in [2.75, 3.05) is 0 Å². The van der Waals surface area contributed by atoms with E-state index in [-0.39, 0.29) is 12.4 Å². The molecule has 1 aromatic heterocycles. The summed E-state index contributed by atoms with van der Waals surface area (Å²) in [7, 11) is 0. The molecule has 0 saturated carbocycles. The van der Waals surface area contributed by atoms with E-state index in [1.807, 2.05) is 48.9 Å². The van der Waals surface area contributed by atoms with Gasteiger partial charge in [-0.15, -0.1) is 0 Å². The number of nitrogens with zero attached hydrogens (tertiary/aromatic N) is 2. The molecule has 0 amide bonds. The number of hydrogen-bond donors (Lipinski definition) is 2. The van der Waals surface area contributed by atoms with Crippen molar-refractivity contribution in [2.45, 2.75) is 33.5 Å². The van der Waals surface area contributed by atoms with Gasteiger partial charge in [0.1, 0.15) is 5.82 Å². The van der Waals surface area contributed by atoms with Gasteiger partial charge in [0, 0.05) is 18.8 Å². The molecule has 0 fully saturated rings. The molecule has 0 aliphatic heterocycles. The smallest absolute Gasteiger partial charge is 0.123 e. The fraction of sp³-hybridized carbons (Fsp3) is 0.250. The summed E-state index contributed by atoms with van der Waals surface area (Å²) >= 11 is 0. The van der Waals surface area contributed by atoms with Gasteiger partial charge in [-0.05, 0) is 54.8 Å². The first-order chi connectivity index (χ1) is 12.1. The summed E-state index contributed by atoms with van der Waals surface area (Å²) < 4.78 is 15.6. The van der Waals surface area contributed by atoms with Crippen molar-refractivity contribution in [3.8, 4) is 5.69 Å². The van der Waals surface area contributed by atoms with Gasteiger partial charge in [-0.25, -0.2) is 9.07 Å². The van der Waals surface area contributed by atoms with Gasteiger partial charge in [0.25, 0.3) is 0 Å². The van der Waals surface area contributed by atoms with E-state index in [1.165, 1.54) is 6.07 Å². The summed E-state index contributed by atoms with van der Waals surface area (Å²) in [6.45, 7) is 5.12. The molecular weight excluding hydrogens is 317 g/mol. The number of hydrogen-bond acceptors (Lipinski definition) is 3. The molecule has 0 atom stereocenters. The van der Waals surface area contributed by atoms with Gasteiger partial charge in [0.05, 0.1) is 18.0 Å². The van der Waals surface area contributed by atoms with E-state index in [9.17, 15) is 9.50 Å². The molecule has 4 nitrogen and oxygen atoms in total. The zero-order valence-corrected chi connectivity index (χ0v) is 14.5. The van der Waals surface area contributed by atoms with Crippen LogP contribution in [0.3, 0.4) is 0 Å². The molecule has 0 aliphatic rings. The second-order valence-corrected chi connectivity index (χ2v) is 6.19. The van der Waals surface area contributed by atoms with Crippen LogP contribution in [-0.4, -0.2) is 14.9 Å². The van der Waals surface area contributed by atoms with Crippen molar-refractivity contribution in [3.63, 3.8) is 0 Å². The standard InChI is InChI=1S/C20H22FN3O/c1-14-8-15(2)24(23-14)20-7-6-19(21)10-18(20)12-22-11-16-4-3-5-17(9-16)13-25/h3-10,22,25H,11-13H2,1-2H3. The Morgan fingerprint density at radius 2 is 1.84 bits per heavy atom. The number of benzene rings is 2. The van der Waals surface area contributed by atoms with Crippen molar-refractivity contribution >= 4 is 0 Å². The van der Waals surface area contributed by atoms with E-state index in [0.717, 1.165) is 33.8 Å². The van der Waals surface area contributed by atoms with E-state index in [0.29, 0.717) is 13.1 Å². The van der Waals surface area contributed by atoms with Crippen LogP contribution in [-0.2, 0) is 19.7 Å². The zero-order valence-electron chi connectivity index (χ0n) is 14.5. The number of aliphatic hydroxyl groups is 1. The largest absolute Gasteiger partial charge is 0.392 e. The van der Waals surface area contributed by atoms with Crippen LogP contribution in [0.2, 0.25) is 0 Å². The Balaban J connectivity index is 1.77. The number of nitrogens with one attached hydrogen (secondary N) is 1. The molecule has 0 bridgehead atoms. The van der Waals surface area contributed by atoms with Crippen LogP contribution in [0.1, 0.15) is 28.1 Å². The lowest BCUT2D eigenvalue weighted by atomic mass is 10.1. The Labute approximate surface area is 146 Å². The average molecular weight is 339 g/mol. The van der Waals surface area contributed by atoms with Crippen LogP contribution in [0.25, 0.3) is 5.69 Å². The molecule has 1 heterocycles. The lowest BCUT2D eigenvalue weighted by Crippen LogP contribution is -2.15. The maximum Gasteiger partial charge on any atom is 0.123 e. The van der Waals surface area contributed by atoms with E-state index in [4.69, 9.17) is 0 Å². The van der Waals surface area contributed by atoms with Gasteiger partial charge in [-0.1, -0.05) is 24.3 Å². The first-order valence-corrected chi connectivity index (χ1v) is 8.28. The predicted octanol–water partition coefficient (Wildman–Crippen LogP) is 3.41. The maximum atomic E-state index is 13.7. The second kappa shape index (κ2) is 7.59. The van der Waals surface area contributed by atoms with Gasteiger partial charge in [-0.3, -0.25) is 0 Å². The summed E-state index contributed by atoms with van der Waals surface area (Å²) in [5, 5.41) is 17.1. The molecule has 130 valence electrons. The number of aromatic nitrogens is 2. The number of rotatable bonds is 6. The Morgan fingerprint density at radius 1 is 1.04 bits per heavy atom. The summed E-state index contributed by atoms with van der Waals surface area (Å²) in [6, 6.07) is 14.5. The lowest BCUT2D eigenvalue weighted by Gasteiger charge is -2.13. The van der Waals surface area contributed by atoms with E-state index < -0.39 is 0 Å². The van der Waals surface area contributed by atoms with Crippen LogP contribution in [0.15, 0.2) is 48.5 Å². The molecule has 0 radical (unpaired) electrons. The summed E-state index contributed by atoms with van der Waals surface area (Å²) in [4.78, 5) is 0. The fourth-order valence-electron chi connectivity index (χ4n) is 2.95. The van der Waals surface area contributed by atoms with E-state index in [1.54, 1.807) is 12.1 Å². The van der Waals surface area contributed by atoms with Crippen LogP contribution in [0.5, 0.6) is 0 Å². The molecule has 5 heteroatoms. The minimum Gasteiger partial charge on any atom is -0.392 e. The molecule has 3 aromatic rings. The van der Waals surface area contributed by atoms with Crippen molar-refractivity contribution < 1.29 is 9.50 Å². The first kappa shape index (κ1) is 17.3.